The number of aromatic nitrogens is 3. The van der Waals surface area contributed by atoms with Crippen LogP contribution in [0.3, 0.4) is 0 Å². The van der Waals surface area contributed by atoms with Gasteiger partial charge in [-0.3, -0.25) is 4.98 Å². The average Bonchev–Trinajstić information content (AvgIpc) is 3.50. The van der Waals surface area contributed by atoms with Gasteiger partial charge in [0.1, 0.15) is 0 Å². The summed E-state index contributed by atoms with van der Waals surface area (Å²) in [5.74, 6) is 0.553. The molecule has 144 valence electrons. The molecular formula is C22H16ClN3O3. The van der Waals surface area contributed by atoms with Crippen LogP contribution in [0.15, 0.2) is 59.1 Å². The number of fused-ring (bicyclic) bond motifs is 1. The van der Waals surface area contributed by atoms with Crippen molar-refractivity contribution in [3.63, 3.8) is 0 Å². The van der Waals surface area contributed by atoms with Gasteiger partial charge in [0.15, 0.2) is 6.61 Å². The Labute approximate surface area is 171 Å². The van der Waals surface area contributed by atoms with E-state index in [-0.39, 0.29) is 18.3 Å². The lowest BCUT2D eigenvalue weighted by atomic mass is 10.1. The highest BCUT2D eigenvalue weighted by Crippen LogP contribution is 2.40. The number of hydrogen-bond donors (Lipinski definition) is 0. The van der Waals surface area contributed by atoms with Crippen LogP contribution < -0.4 is 0 Å². The second kappa shape index (κ2) is 7.29. The molecular weight excluding hydrogens is 390 g/mol. The molecule has 0 bridgehead atoms. The summed E-state index contributed by atoms with van der Waals surface area (Å²) in [4.78, 5) is 21.8. The molecule has 1 fully saturated rings. The molecule has 2 aromatic heterocycles. The predicted octanol–water partition coefficient (Wildman–Crippen LogP) is 5.17. The predicted molar refractivity (Wildman–Crippen MR) is 108 cm³/mol. The lowest BCUT2D eigenvalue weighted by Crippen LogP contribution is -2.08. The van der Waals surface area contributed by atoms with Crippen molar-refractivity contribution < 1.29 is 14.1 Å². The Morgan fingerprint density at radius 2 is 1.90 bits per heavy atom. The van der Waals surface area contributed by atoms with Gasteiger partial charge in [-0.1, -0.05) is 47.1 Å². The number of ether oxygens (including phenoxy) is 1. The highest BCUT2D eigenvalue weighted by Gasteiger charge is 2.27. The van der Waals surface area contributed by atoms with Gasteiger partial charge in [-0.15, -0.1) is 0 Å². The van der Waals surface area contributed by atoms with E-state index < -0.39 is 5.97 Å². The molecule has 5 rings (SSSR count). The van der Waals surface area contributed by atoms with Gasteiger partial charge in [0, 0.05) is 17.0 Å². The first-order valence-corrected chi connectivity index (χ1v) is 9.71. The third kappa shape index (κ3) is 3.59. The number of pyridine rings is 1. The normalized spacial score (nSPS) is 13.6. The van der Waals surface area contributed by atoms with Crippen LogP contribution >= 0.6 is 11.6 Å². The number of para-hydroxylation sites is 1. The van der Waals surface area contributed by atoms with Gasteiger partial charge in [0.25, 0.3) is 5.89 Å². The molecule has 0 spiro atoms. The van der Waals surface area contributed by atoms with Crippen LogP contribution in [-0.4, -0.2) is 21.1 Å². The molecule has 0 aliphatic heterocycles. The maximum absolute atomic E-state index is 12.8. The number of rotatable bonds is 5. The van der Waals surface area contributed by atoms with E-state index >= 15 is 0 Å². The zero-order valence-corrected chi connectivity index (χ0v) is 16.1. The summed E-state index contributed by atoms with van der Waals surface area (Å²) in [5, 5.41) is 5.16. The smallest absolute Gasteiger partial charge is 0.339 e. The molecule has 0 radical (unpaired) electrons. The Morgan fingerprint density at radius 1 is 1.10 bits per heavy atom. The standard InChI is InChI=1S/C22H16ClN3O3/c23-17-7-3-1-6-15(17)21-25-20(26-29-21)12-28-22(27)16-11-19(13-9-10-13)24-18-8-4-2-5-14(16)18/h1-8,11,13H,9-10,12H2. The van der Waals surface area contributed by atoms with Gasteiger partial charge in [-0.05, 0) is 37.1 Å². The van der Waals surface area contributed by atoms with Gasteiger partial charge in [-0.2, -0.15) is 4.98 Å². The molecule has 0 amide bonds. The molecule has 1 aliphatic rings. The summed E-state index contributed by atoms with van der Waals surface area (Å²) >= 11 is 6.16. The summed E-state index contributed by atoms with van der Waals surface area (Å²) < 4.78 is 10.7. The molecule has 7 heteroatoms. The zero-order chi connectivity index (χ0) is 19.8. The van der Waals surface area contributed by atoms with E-state index in [1.54, 1.807) is 12.1 Å². The summed E-state index contributed by atoms with van der Waals surface area (Å²) in [5.41, 5.74) is 2.88. The Hall–Kier alpha value is -3.25. The van der Waals surface area contributed by atoms with E-state index in [9.17, 15) is 4.79 Å². The Bertz CT molecular complexity index is 1220. The third-order valence-corrected chi connectivity index (χ3v) is 5.19. The maximum Gasteiger partial charge on any atom is 0.339 e. The fourth-order valence-electron chi connectivity index (χ4n) is 3.22. The Balaban J connectivity index is 1.37. The number of nitrogens with zero attached hydrogens (tertiary/aromatic N) is 3. The van der Waals surface area contributed by atoms with E-state index in [0.29, 0.717) is 22.1 Å². The largest absolute Gasteiger partial charge is 0.454 e. The van der Waals surface area contributed by atoms with Crippen molar-refractivity contribution in [1.29, 1.82) is 0 Å². The first kappa shape index (κ1) is 17.8. The molecule has 0 unspecified atom stereocenters. The molecule has 6 nitrogen and oxygen atoms in total. The highest BCUT2D eigenvalue weighted by atomic mass is 35.5. The van der Waals surface area contributed by atoms with Crippen molar-refractivity contribution in [2.75, 3.05) is 0 Å². The van der Waals surface area contributed by atoms with Crippen LogP contribution in [0.4, 0.5) is 0 Å². The summed E-state index contributed by atoms with van der Waals surface area (Å²) in [6.45, 7) is -0.0950. The minimum atomic E-state index is -0.436. The summed E-state index contributed by atoms with van der Waals surface area (Å²) in [7, 11) is 0. The van der Waals surface area contributed by atoms with Gasteiger partial charge >= 0.3 is 5.97 Å². The van der Waals surface area contributed by atoms with Crippen LogP contribution in [0.5, 0.6) is 0 Å². The second-order valence-corrected chi connectivity index (χ2v) is 7.37. The van der Waals surface area contributed by atoms with Gasteiger partial charge in [0.05, 0.1) is 21.7 Å². The number of hydrogen-bond acceptors (Lipinski definition) is 6. The first-order valence-electron chi connectivity index (χ1n) is 9.33. The minimum Gasteiger partial charge on any atom is -0.454 e. The second-order valence-electron chi connectivity index (χ2n) is 6.96. The topological polar surface area (TPSA) is 78.1 Å². The Kier molecular flexibility index (Phi) is 4.48. The minimum absolute atomic E-state index is 0.0950. The number of esters is 1. The zero-order valence-electron chi connectivity index (χ0n) is 15.3. The van der Waals surface area contributed by atoms with Gasteiger partial charge in [0.2, 0.25) is 5.82 Å². The Morgan fingerprint density at radius 3 is 2.72 bits per heavy atom. The molecule has 1 aliphatic carbocycles. The summed E-state index contributed by atoms with van der Waals surface area (Å²) in [6.07, 6.45) is 2.21. The van der Waals surface area contributed by atoms with Crippen molar-refractivity contribution in [3.8, 4) is 11.5 Å². The molecule has 2 aromatic carbocycles. The fourth-order valence-corrected chi connectivity index (χ4v) is 3.43. The third-order valence-electron chi connectivity index (χ3n) is 4.86. The number of halogens is 1. The average molecular weight is 406 g/mol. The van der Waals surface area contributed by atoms with Gasteiger partial charge in [-0.25, -0.2) is 4.79 Å². The van der Waals surface area contributed by atoms with Crippen LogP contribution in [0.2, 0.25) is 5.02 Å². The monoisotopic (exact) mass is 405 g/mol. The molecule has 2 heterocycles. The van der Waals surface area contributed by atoms with Crippen LogP contribution in [0, 0.1) is 0 Å². The van der Waals surface area contributed by atoms with Crippen LogP contribution in [0.25, 0.3) is 22.4 Å². The molecule has 0 N–H and O–H groups in total. The van der Waals surface area contributed by atoms with Crippen LogP contribution in [-0.2, 0) is 11.3 Å². The van der Waals surface area contributed by atoms with Gasteiger partial charge < -0.3 is 9.26 Å². The summed E-state index contributed by atoms with van der Waals surface area (Å²) in [6, 6.07) is 16.6. The number of carbonyl (C=O) groups is 1. The lowest BCUT2D eigenvalue weighted by molar-refractivity contribution is 0.0462. The molecule has 0 atom stereocenters. The molecule has 0 saturated heterocycles. The molecule has 4 aromatic rings. The highest BCUT2D eigenvalue weighted by molar-refractivity contribution is 6.33. The van der Waals surface area contributed by atoms with Crippen molar-refractivity contribution in [2.45, 2.75) is 25.4 Å². The maximum atomic E-state index is 12.8. The van der Waals surface area contributed by atoms with E-state index in [2.05, 4.69) is 15.1 Å². The van der Waals surface area contributed by atoms with Crippen molar-refractivity contribution in [1.82, 2.24) is 15.1 Å². The van der Waals surface area contributed by atoms with E-state index in [1.807, 2.05) is 42.5 Å². The van der Waals surface area contributed by atoms with E-state index in [4.69, 9.17) is 20.9 Å². The number of carbonyl (C=O) groups excluding carboxylic acids is 1. The quantitative estimate of drug-likeness (QED) is 0.426. The fraction of sp³-hybridized carbons (Fsp3) is 0.182. The van der Waals surface area contributed by atoms with Crippen molar-refractivity contribution >= 4 is 28.5 Å². The SMILES string of the molecule is O=C(OCc1noc(-c2ccccc2Cl)n1)c1cc(C2CC2)nc2ccccc12. The molecule has 1 saturated carbocycles. The van der Waals surface area contributed by atoms with Crippen molar-refractivity contribution in [3.05, 3.63) is 76.7 Å². The lowest BCUT2D eigenvalue weighted by Gasteiger charge is -2.08. The first-order chi connectivity index (χ1) is 14.2. The van der Waals surface area contributed by atoms with E-state index in [0.717, 1.165) is 29.4 Å². The van der Waals surface area contributed by atoms with Crippen molar-refractivity contribution in [2.24, 2.45) is 0 Å². The van der Waals surface area contributed by atoms with Crippen LogP contribution in [0.1, 0.15) is 40.6 Å². The molecule has 29 heavy (non-hydrogen) atoms. The van der Waals surface area contributed by atoms with E-state index in [1.165, 1.54) is 0 Å². The number of benzene rings is 2.